The fraction of sp³-hybridized carbons (Fsp3) is 0.556. The molecule has 1 heterocycles. The molecule has 1 fully saturated rings. The summed E-state index contributed by atoms with van der Waals surface area (Å²) in [6.07, 6.45) is 1.49. The maximum atomic E-state index is 12.6. The van der Waals surface area contributed by atoms with Crippen molar-refractivity contribution in [3.63, 3.8) is 0 Å². The molecule has 1 saturated heterocycles. The van der Waals surface area contributed by atoms with Crippen molar-refractivity contribution in [1.29, 1.82) is 0 Å². The van der Waals surface area contributed by atoms with Crippen LogP contribution in [-0.4, -0.2) is 35.3 Å². The van der Waals surface area contributed by atoms with Crippen molar-refractivity contribution >= 4 is 35.8 Å². The molecule has 1 aliphatic heterocycles. The molecule has 2 atom stereocenters. The first-order chi connectivity index (χ1) is 11.2. The summed E-state index contributed by atoms with van der Waals surface area (Å²) in [5, 5.41) is 3.53. The van der Waals surface area contributed by atoms with Gasteiger partial charge in [0.05, 0.1) is 6.04 Å². The van der Waals surface area contributed by atoms with Gasteiger partial charge in [0.15, 0.2) is 0 Å². The molecule has 0 saturated carbocycles. The second-order valence-corrected chi connectivity index (χ2v) is 7.82. The van der Waals surface area contributed by atoms with Crippen LogP contribution in [0, 0.1) is 5.41 Å². The molecular formula is C18H27Cl2N3O2. The van der Waals surface area contributed by atoms with E-state index in [-0.39, 0.29) is 29.6 Å². The quantitative estimate of drug-likeness (QED) is 0.833. The first kappa shape index (κ1) is 21.7. The fourth-order valence-electron chi connectivity index (χ4n) is 2.81. The number of carbonyl (C=O) groups excluding carboxylic acids is 2. The number of carbonyl (C=O) groups is 2. The van der Waals surface area contributed by atoms with E-state index in [0.717, 1.165) is 12.0 Å². The molecule has 140 valence electrons. The third-order valence-electron chi connectivity index (χ3n) is 4.39. The van der Waals surface area contributed by atoms with Crippen LogP contribution in [0.25, 0.3) is 0 Å². The van der Waals surface area contributed by atoms with Gasteiger partial charge >= 0.3 is 0 Å². The Hall–Kier alpha value is -1.30. The monoisotopic (exact) mass is 387 g/mol. The number of nitrogens with one attached hydrogen (secondary N) is 1. The number of benzene rings is 1. The van der Waals surface area contributed by atoms with Crippen molar-refractivity contribution in [3.8, 4) is 0 Å². The number of hydrogen-bond acceptors (Lipinski definition) is 3. The second-order valence-electron chi connectivity index (χ2n) is 7.38. The largest absolute Gasteiger partial charge is 0.350 e. The van der Waals surface area contributed by atoms with E-state index in [1.807, 2.05) is 39.0 Å². The molecular weight excluding hydrogens is 361 g/mol. The summed E-state index contributed by atoms with van der Waals surface area (Å²) in [5.74, 6) is -0.287. The highest BCUT2D eigenvalue weighted by molar-refractivity contribution is 6.30. The lowest BCUT2D eigenvalue weighted by Gasteiger charge is -2.32. The van der Waals surface area contributed by atoms with Gasteiger partial charge in [-0.2, -0.15) is 0 Å². The lowest BCUT2D eigenvalue weighted by Crippen LogP contribution is -2.54. The molecule has 0 aromatic heterocycles. The minimum absolute atomic E-state index is 0. The van der Waals surface area contributed by atoms with Crippen molar-refractivity contribution in [2.75, 3.05) is 6.54 Å². The van der Waals surface area contributed by atoms with Gasteiger partial charge in [-0.05, 0) is 36.0 Å². The van der Waals surface area contributed by atoms with Crippen LogP contribution < -0.4 is 11.1 Å². The average Bonchev–Trinajstić information content (AvgIpc) is 3.00. The predicted octanol–water partition coefficient (Wildman–Crippen LogP) is 2.74. The summed E-state index contributed by atoms with van der Waals surface area (Å²) in [5.41, 5.74) is 6.68. The number of likely N-dealkylation sites (tertiary alicyclic amines) is 1. The van der Waals surface area contributed by atoms with Crippen molar-refractivity contribution in [2.24, 2.45) is 11.1 Å². The summed E-state index contributed by atoms with van der Waals surface area (Å²) in [6, 6.07) is 6.30. The Balaban J connectivity index is 0.00000312. The summed E-state index contributed by atoms with van der Waals surface area (Å²) in [6.45, 7) is 6.76. The topological polar surface area (TPSA) is 75.4 Å². The average molecular weight is 388 g/mol. The van der Waals surface area contributed by atoms with Crippen molar-refractivity contribution in [3.05, 3.63) is 34.9 Å². The first-order valence-electron chi connectivity index (χ1n) is 8.28. The van der Waals surface area contributed by atoms with Crippen LogP contribution in [0.3, 0.4) is 0 Å². The molecule has 0 spiro atoms. The number of rotatable bonds is 4. The summed E-state index contributed by atoms with van der Waals surface area (Å²) >= 11 is 5.95. The Morgan fingerprint density at radius 3 is 2.68 bits per heavy atom. The van der Waals surface area contributed by atoms with E-state index in [1.165, 1.54) is 0 Å². The summed E-state index contributed by atoms with van der Waals surface area (Å²) < 4.78 is 0. The molecule has 0 bridgehead atoms. The molecule has 1 aromatic carbocycles. The van der Waals surface area contributed by atoms with Gasteiger partial charge in [0.25, 0.3) is 0 Å². The standard InChI is InChI=1S/C18H26ClN3O2.ClH/c1-18(2,3)15(20)17(24)22-9-5-8-14(22)16(23)21-11-12-6-4-7-13(19)10-12;/h4,6-7,10,14-15H,5,8-9,11,20H2,1-3H3,(H,21,23);1H/t14-,15-;/m0./s1. The third-order valence-corrected chi connectivity index (χ3v) is 4.63. The van der Waals surface area contributed by atoms with Crippen LogP contribution in [0.2, 0.25) is 5.02 Å². The van der Waals surface area contributed by atoms with Crippen LogP contribution in [0.5, 0.6) is 0 Å². The van der Waals surface area contributed by atoms with E-state index in [2.05, 4.69) is 5.32 Å². The predicted molar refractivity (Wildman–Crippen MR) is 103 cm³/mol. The van der Waals surface area contributed by atoms with Crippen LogP contribution in [-0.2, 0) is 16.1 Å². The van der Waals surface area contributed by atoms with E-state index in [4.69, 9.17) is 17.3 Å². The van der Waals surface area contributed by atoms with Gasteiger partial charge in [0, 0.05) is 18.1 Å². The highest BCUT2D eigenvalue weighted by Crippen LogP contribution is 2.24. The SMILES string of the molecule is CC(C)(C)[C@@H](N)C(=O)N1CCC[C@H]1C(=O)NCc1cccc(Cl)c1.Cl. The van der Waals surface area contributed by atoms with Crippen molar-refractivity contribution < 1.29 is 9.59 Å². The van der Waals surface area contributed by atoms with Gasteiger partial charge in [0.2, 0.25) is 11.8 Å². The van der Waals surface area contributed by atoms with Crippen molar-refractivity contribution in [1.82, 2.24) is 10.2 Å². The Morgan fingerprint density at radius 2 is 2.08 bits per heavy atom. The number of halogens is 2. The number of amides is 2. The van der Waals surface area contributed by atoms with Gasteiger partial charge in [-0.25, -0.2) is 0 Å². The lowest BCUT2D eigenvalue weighted by atomic mass is 9.86. The Bertz CT molecular complexity index is 617. The van der Waals surface area contributed by atoms with Gasteiger partial charge < -0.3 is 16.0 Å². The molecule has 7 heteroatoms. The van der Waals surface area contributed by atoms with Crippen LogP contribution >= 0.6 is 24.0 Å². The summed E-state index contributed by atoms with van der Waals surface area (Å²) in [4.78, 5) is 26.8. The summed E-state index contributed by atoms with van der Waals surface area (Å²) in [7, 11) is 0. The van der Waals surface area contributed by atoms with Gasteiger partial charge in [-0.3, -0.25) is 9.59 Å². The molecule has 2 amide bonds. The van der Waals surface area contributed by atoms with Gasteiger partial charge in [-0.1, -0.05) is 44.5 Å². The van der Waals surface area contributed by atoms with E-state index in [0.29, 0.717) is 24.5 Å². The van der Waals surface area contributed by atoms with Crippen molar-refractivity contribution in [2.45, 2.75) is 52.2 Å². The molecule has 5 nitrogen and oxygen atoms in total. The highest BCUT2D eigenvalue weighted by atomic mass is 35.5. The van der Waals surface area contributed by atoms with Gasteiger partial charge in [-0.15, -0.1) is 12.4 Å². The zero-order valence-electron chi connectivity index (χ0n) is 14.9. The number of hydrogen-bond donors (Lipinski definition) is 2. The maximum Gasteiger partial charge on any atom is 0.243 e. The third kappa shape index (κ3) is 5.59. The molecule has 0 aliphatic carbocycles. The Labute approximate surface area is 160 Å². The second kappa shape index (κ2) is 8.88. The lowest BCUT2D eigenvalue weighted by molar-refractivity contribution is -0.141. The van der Waals surface area contributed by atoms with E-state index < -0.39 is 12.1 Å². The molecule has 25 heavy (non-hydrogen) atoms. The van der Waals surface area contributed by atoms with Crippen LogP contribution in [0.1, 0.15) is 39.2 Å². The number of nitrogens with two attached hydrogens (primary N) is 1. The first-order valence-corrected chi connectivity index (χ1v) is 8.66. The zero-order valence-corrected chi connectivity index (χ0v) is 16.5. The molecule has 3 N–H and O–H groups in total. The molecule has 1 aliphatic rings. The maximum absolute atomic E-state index is 12.6. The van der Waals surface area contributed by atoms with E-state index >= 15 is 0 Å². The molecule has 1 aromatic rings. The minimum Gasteiger partial charge on any atom is -0.350 e. The molecule has 0 radical (unpaired) electrons. The number of nitrogens with zero attached hydrogens (tertiary/aromatic N) is 1. The smallest absolute Gasteiger partial charge is 0.243 e. The van der Waals surface area contributed by atoms with E-state index in [9.17, 15) is 9.59 Å². The zero-order chi connectivity index (χ0) is 17.9. The Morgan fingerprint density at radius 1 is 1.40 bits per heavy atom. The molecule has 2 rings (SSSR count). The van der Waals surface area contributed by atoms with Gasteiger partial charge in [0.1, 0.15) is 6.04 Å². The fourth-order valence-corrected chi connectivity index (χ4v) is 3.02. The minimum atomic E-state index is -0.612. The van der Waals surface area contributed by atoms with E-state index in [1.54, 1.807) is 11.0 Å². The normalized spacial score (nSPS) is 18.4. The highest BCUT2D eigenvalue weighted by Gasteiger charge is 2.39. The van der Waals surface area contributed by atoms with Crippen LogP contribution in [0.15, 0.2) is 24.3 Å². The Kier molecular flexibility index (Phi) is 7.72. The molecule has 0 unspecified atom stereocenters. The van der Waals surface area contributed by atoms with Crippen LogP contribution in [0.4, 0.5) is 0 Å².